The van der Waals surface area contributed by atoms with E-state index in [1.807, 2.05) is 12.3 Å². The van der Waals surface area contributed by atoms with Crippen molar-refractivity contribution in [3.8, 4) is 0 Å². The molecule has 2 aliphatic heterocycles. The first kappa shape index (κ1) is 11.7. The van der Waals surface area contributed by atoms with Gasteiger partial charge in [-0.15, -0.1) is 0 Å². The average molecular weight is 247 g/mol. The van der Waals surface area contributed by atoms with Crippen molar-refractivity contribution < 1.29 is 0 Å². The zero-order valence-electron chi connectivity index (χ0n) is 10.7. The summed E-state index contributed by atoms with van der Waals surface area (Å²) < 4.78 is 0. The number of nitrogens with zero attached hydrogens (tertiary/aromatic N) is 3. The molecule has 0 saturated carbocycles. The quantitative estimate of drug-likeness (QED) is 0.841. The fourth-order valence-electron chi connectivity index (χ4n) is 2.70. The van der Waals surface area contributed by atoms with Crippen LogP contribution in [0.5, 0.6) is 0 Å². The van der Waals surface area contributed by atoms with Crippen LogP contribution < -0.4 is 15.5 Å². The van der Waals surface area contributed by atoms with Crippen molar-refractivity contribution in [2.45, 2.75) is 31.7 Å². The van der Waals surface area contributed by atoms with Crippen LogP contribution in [0.15, 0.2) is 12.3 Å². The lowest BCUT2D eigenvalue weighted by Gasteiger charge is -2.24. The van der Waals surface area contributed by atoms with E-state index in [1.165, 1.54) is 25.7 Å². The summed E-state index contributed by atoms with van der Waals surface area (Å²) >= 11 is 0. The Hall–Kier alpha value is -1.36. The molecule has 2 aliphatic rings. The van der Waals surface area contributed by atoms with Crippen molar-refractivity contribution in [1.82, 2.24) is 15.3 Å². The molecule has 1 atom stereocenters. The number of piperidine rings is 1. The second kappa shape index (κ2) is 5.52. The van der Waals surface area contributed by atoms with Crippen LogP contribution in [0.2, 0.25) is 0 Å². The summed E-state index contributed by atoms with van der Waals surface area (Å²) in [5.74, 6) is 1.84. The highest BCUT2D eigenvalue weighted by Gasteiger charge is 2.16. The Labute approximate surface area is 108 Å². The van der Waals surface area contributed by atoms with Gasteiger partial charge in [0, 0.05) is 31.9 Å². The van der Waals surface area contributed by atoms with Crippen molar-refractivity contribution in [3.05, 3.63) is 12.3 Å². The molecule has 0 amide bonds. The van der Waals surface area contributed by atoms with Gasteiger partial charge in [-0.2, -0.15) is 4.98 Å². The fourth-order valence-corrected chi connectivity index (χ4v) is 2.70. The van der Waals surface area contributed by atoms with Gasteiger partial charge in [0.15, 0.2) is 0 Å². The summed E-state index contributed by atoms with van der Waals surface area (Å²) in [5.41, 5.74) is 0. The molecule has 0 spiro atoms. The zero-order chi connectivity index (χ0) is 12.2. The SMILES string of the molecule is c1cc(N2CCCC2)nc(NC2CCCNC2)n1. The lowest BCUT2D eigenvalue weighted by Crippen LogP contribution is -2.38. The minimum atomic E-state index is 0.465. The fraction of sp³-hybridized carbons (Fsp3) is 0.692. The Balaban J connectivity index is 1.66. The number of nitrogens with one attached hydrogen (secondary N) is 2. The van der Waals surface area contributed by atoms with E-state index in [9.17, 15) is 0 Å². The van der Waals surface area contributed by atoms with Crippen LogP contribution >= 0.6 is 0 Å². The topological polar surface area (TPSA) is 53.1 Å². The molecule has 3 rings (SSSR count). The normalized spacial score (nSPS) is 24.2. The maximum Gasteiger partial charge on any atom is 0.224 e. The number of hydrogen-bond donors (Lipinski definition) is 2. The van der Waals surface area contributed by atoms with Crippen LogP contribution in [-0.4, -0.2) is 42.2 Å². The molecule has 2 N–H and O–H groups in total. The zero-order valence-corrected chi connectivity index (χ0v) is 10.7. The summed E-state index contributed by atoms with van der Waals surface area (Å²) in [5, 5.41) is 6.83. The molecule has 0 aliphatic carbocycles. The van der Waals surface area contributed by atoms with Gasteiger partial charge in [-0.3, -0.25) is 0 Å². The van der Waals surface area contributed by atoms with Gasteiger partial charge in [0.05, 0.1) is 0 Å². The first-order valence-corrected chi connectivity index (χ1v) is 6.97. The third-order valence-corrected chi connectivity index (χ3v) is 3.70. The van der Waals surface area contributed by atoms with E-state index in [0.29, 0.717) is 6.04 Å². The minimum absolute atomic E-state index is 0.465. The van der Waals surface area contributed by atoms with E-state index >= 15 is 0 Å². The van der Waals surface area contributed by atoms with Gasteiger partial charge in [-0.1, -0.05) is 0 Å². The first-order chi connectivity index (χ1) is 8.92. The molecule has 2 saturated heterocycles. The van der Waals surface area contributed by atoms with Crippen molar-refractivity contribution in [1.29, 1.82) is 0 Å². The number of anilines is 2. The molecular weight excluding hydrogens is 226 g/mol. The molecule has 2 fully saturated rings. The minimum Gasteiger partial charge on any atom is -0.356 e. The molecule has 0 radical (unpaired) electrons. The van der Waals surface area contributed by atoms with Crippen LogP contribution in [0.25, 0.3) is 0 Å². The lowest BCUT2D eigenvalue weighted by molar-refractivity contribution is 0.478. The van der Waals surface area contributed by atoms with E-state index in [1.54, 1.807) is 0 Å². The first-order valence-electron chi connectivity index (χ1n) is 6.97. The monoisotopic (exact) mass is 247 g/mol. The van der Waals surface area contributed by atoms with Crippen molar-refractivity contribution in [2.24, 2.45) is 0 Å². The third kappa shape index (κ3) is 2.72. The Morgan fingerprint density at radius 3 is 2.94 bits per heavy atom. The molecule has 3 heterocycles. The van der Waals surface area contributed by atoms with Gasteiger partial charge >= 0.3 is 0 Å². The molecule has 1 aromatic rings. The van der Waals surface area contributed by atoms with Crippen LogP contribution in [0.3, 0.4) is 0 Å². The summed E-state index contributed by atoms with van der Waals surface area (Å²) in [6, 6.07) is 2.47. The molecule has 5 nitrogen and oxygen atoms in total. The predicted molar refractivity (Wildman–Crippen MR) is 73.0 cm³/mol. The lowest BCUT2D eigenvalue weighted by atomic mass is 10.1. The molecule has 0 bridgehead atoms. The Morgan fingerprint density at radius 2 is 2.17 bits per heavy atom. The van der Waals surface area contributed by atoms with Crippen molar-refractivity contribution >= 4 is 11.8 Å². The van der Waals surface area contributed by atoms with Crippen LogP contribution in [0.1, 0.15) is 25.7 Å². The Bertz CT molecular complexity index is 383. The highest BCUT2D eigenvalue weighted by Crippen LogP contribution is 2.18. The third-order valence-electron chi connectivity index (χ3n) is 3.70. The van der Waals surface area contributed by atoms with E-state index in [-0.39, 0.29) is 0 Å². The molecular formula is C13H21N5. The maximum atomic E-state index is 4.62. The van der Waals surface area contributed by atoms with Gasteiger partial charge in [-0.25, -0.2) is 4.98 Å². The van der Waals surface area contributed by atoms with Crippen molar-refractivity contribution in [3.63, 3.8) is 0 Å². The smallest absolute Gasteiger partial charge is 0.224 e. The largest absolute Gasteiger partial charge is 0.356 e. The number of aromatic nitrogens is 2. The van der Waals surface area contributed by atoms with Gasteiger partial charge in [0.25, 0.3) is 0 Å². The van der Waals surface area contributed by atoms with E-state index in [0.717, 1.165) is 37.9 Å². The Morgan fingerprint density at radius 1 is 1.28 bits per heavy atom. The average Bonchev–Trinajstić information content (AvgIpc) is 2.94. The van der Waals surface area contributed by atoms with Gasteiger partial charge in [-0.05, 0) is 38.3 Å². The highest BCUT2D eigenvalue weighted by atomic mass is 15.2. The van der Waals surface area contributed by atoms with Crippen molar-refractivity contribution in [2.75, 3.05) is 36.4 Å². The summed E-state index contributed by atoms with van der Waals surface area (Å²) in [6.07, 6.45) is 6.84. The molecule has 0 aromatic carbocycles. The van der Waals surface area contributed by atoms with Crippen LogP contribution in [0, 0.1) is 0 Å². The number of hydrogen-bond acceptors (Lipinski definition) is 5. The molecule has 1 aromatic heterocycles. The second-order valence-corrected chi connectivity index (χ2v) is 5.12. The van der Waals surface area contributed by atoms with E-state index < -0.39 is 0 Å². The van der Waals surface area contributed by atoms with Gasteiger partial charge < -0.3 is 15.5 Å². The van der Waals surface area contributed by atoms with E-state index in [4.69, 9.17) is 0 Å². The summed E-state index contributed by atoms with van der Waals surface area (Å²) in [6.45, 7) is 4.40. The molecule has 98 valence electrons. The van der Waals surface area contributed by atoms with Crippen LogP contribution in [0.4, 0.5) is 11.8 Å². The number of rotatable bonds is 3. The summed E-state index contributed by atoms with van der Waals surface area (Å²) in [7, 11) is 0. The molecule has 18 heavy (non-hydrogen) atoms. The van der Waals surface area contributed by atoms with Crippen LogP contribution in [-0.2, 0) is 0 Å². The Kier molecular flexibility index (Phi) is 3.59. The predicted octanol–water partition coefficient (Wildman–Crippen LogP) is 1.24. The van der Waals surface area contributed by atoms with E-state index in [2.05, 4.69) is 25.5 Å². The maximum absolute atomic E-state index is 4.62. The summed E-state index contributed by atoms with van der Waals surface area (Å²) in [4.78, 5) is 11.3. The molecule has 5 heteroatoms. The van der Waals surface area contributed by atoms with Gasteiger partial charge in [0.1, 0.15) is 5.82 Å². The molecule has 1 unspecified atom stereocenters. The van der Waals surface area contributed by atoms with Gasteiger partial charge in [0.2, 0.25) is 5.95 Å². The highest BCUT2D eigenvalue weighted by molar-refractivity contribution is 5.43. The second-order valence-electron chi connectivity index (χ2n) is 5.12. The standard InChI is InChI=1S/C13H21N5/c1-2-9-18(8-1)12-5-7-15-13(17-12)16-11-4-3-6-14-10-11/h5,7,11,14H,1-4,6,8-10H2,(H,15,16,17).